The maximum absolute atomic E-state index is 15.3. The van der Waals surface area contributed by atoms with Gasteiger partial charge in [-0.05, 0) is 114 Å². The highest BCUT2D eigenvalue weighted by Gasteiger charge is 2.55. The molecule has 78 heavy (non-hydrogen) atoms. The molecule has 5 aliphatic heterocycles. The SMILES string of the molecule is CO[C@@H](C)c1ncc(N2CCN(C3CC3)CC2)cc1-c1c2c3cc(ccc3n1CCOC1CCOCC1)-c1coc(n1)[C@@H](N1CCCC1)[C@H](NC(=O)[C@@H]1[C@@H](C)[C@H]1c1ccncn1)C(=O)N1CCC[C@H](N1)C(=O)OCC(C)(C)C2. The number of likely N-dealkylation sites (tertiary alicyclic amines) is 1. The number of hydrazine groups is 1. The number of carbonyl (C=O) groups excluding carboxylic acids is 3. The quantitative estimate of drug-likeness (QED) is 0.119. The van der Waals surface area contributed by atoms with Crippen LogP contribution in [0.5, 0.6) is 0 Å². The Morgan fingerprint density at radius 3 is 2.51 bits per heavy atom. The van der Waals surface area contributed by atoms with Crippen LogP contribution in [0.15, 0.2) is 59.7 Å². The highest BCUT2D eigenvalue weighted by Crippen LogP contribution is 2.53. The Hall–Kier alpha value is -5.83. The van der Waals surface area contributed by atoms with Crippen molar-refractivity contribution in [1.29, 1.82) is 0 Å². The van der Waals surface area contributed by atoms with Gasteiger partial charge in [0.25, 0.3) is 5.91 Å². The van der Waals surface area contributed by atoms with E-state index in [2.05, 4.69) is 85.0 Å². The van der Waals surface area contributed by atoms with Crippen LogP contribution in [0.3, 0.4) is 0 Å². The fraction of sp³-hybridized carbons (Fsp3) is 0.610. The van der Waals surface area contributed by atoms with Crippen LogP contribution in [0.4, 0.5) is 5.69 Å². The van der Waals surface area contributed by atoms with Crippen LogP contribution in [-0.2, 0) is 46.3 Å². The summed E-state index contributed by atoms with van der Waals surface area (Å²) in [5, 5.41) is 5.79. The number of piperazine rings is 1. The van der Waals surface area contributed by atoms with Gasteiger partial charge >= 0.3 is 5.97 Å². The Bertz CT molecular complexity index is 2960. The van der Waals surface area contributed by atoms with Gasteiger partial charge in [0, 0.05) is 117 Å². The van der Waals surface area contributed by atoms with Gasteiger partial charge in [-0.15, -0.1) is 0 Å². The maximum atomic E-state index is 15.3. The van der Waals surface area contributed by atoms with Crippen LogP contribution in [-0.4, -0.2) is 161 Å². The first-order valence-electron chi connectivity index (χ1n) is 28.8. The lowest BCUT2D eigenvalue weighted by Gasteiger charge is -2.38. The summed E-state index contributed by atoms with van der Waals surface area (Å²) in [6.45, 7) is 16.5. The molecule has 19 nitrogen and oxygen atoms in total. The number of nitrogens with zero attached hydrogens (tertiary/aromatic N) is 9. The second-order valence-corrected chi connectivity index (χ2v) is 23.7. The summed E-state index contributed by atoms with van der Waals surface area (Å²) in [4.78, 5) is 70.8. The van der Waals surface area contributed by atoms with Crippen LogP contribution in [0.1, 0.15) is 120 Å². The van der Waals surface area contributed by atoms with Crippen molar-refractivity contribution in [3.8, 4) is 22.5 Å². The number of methoxy groups -OCH3 is 1. The zero-order valence-corrected chi connectivity index (χ0v) is 46.0. The van der Waals surface area contributed by atoms with Gasteiger partial charge in [0.15, 0.2) is 0 Å². The van der Waals surface area contributed by atoms with Gasteiger partial charge in [-0.1, -0.05) is 26.8 Å². The number of carbonyl (C=O) groups is 3. The molecule has 9 heterocycles. The van der Waals surface area contributed by atoms with Crippen molar-refractivity contribution in [3.63, 3.8) is 0 Å². The third-order valence-electron chi connectivity index (χ3n) is 17.8. The molecule has 416 valence electrons. The van der Waals surface area contributed by atoms with Gasteiger partial charge in [0.1, 0.15) is 36.4 Å². The number of pyridine rings is 1. The molecule has 7 atom stereocenters. The summed E-state index contributed by atoms with van der Waals surface area (Å²) < 4.78 is 33.8. The van der Waals surface area contributed by atoms with Crippen molar-refractivity contribution in [3.05, 3.63) is 78.2 Å². The number of rotatable bonds is 13. The number of aromatic nitrogens is 5. The number of nitrogens with one attached hydrogen (secondary N) is 2. The Kier molecular flexibility index (Phi) is 15.2. The van der Waals surface area contributed by atoms with Crippen LogP contribution in [0.2, 0.25) is 0 Å². The monoisotopic (exact) mass is 1070 g/mol. The average Bonchev–Trinajstić information content (AvgIpc) is 4.45. The number of hydrogen-bond donors (Lipinski definition) is 2. The molecule has 0 spiro atoms. The molecule has 7 aliphatic rings. The van der Waals surface area contributed by atoms with Crippen LogP contribution in [0, 0.1) is 17.3 Å². The molecule has 0 radical (unpaired) electrons. The Balaban J connectivity index is 0.988. The van der Waals surface area contributed by atoms with E-state index in [0.717, 1.165) is 108 Å². The van der Waals surface area contributed by atoms with E-state index in [1.165, 1.54) is 24.2 Å². The Labute approximate surface area is 457 Å². The van der Waals surface area contributed by atoms with E-state index < -0.39 is 35.4 Å². The van der Waals surface area contributed by atoms with E-state index in [9.17, 15) is 9.59 Å². The van der Waals surface area contributed by atoms with Gasteiger partial charge in [0.2, 0.25) is 11.8 Å². The van der Waals surface area contributed by atoms with E-state index in [4.69, 9.17) is 33.3 Å². The summed E-state index contributed by atoms with van der Waals surface area (Å²) in [6, 6.07) is 8.73. The highest BCUT2D eigenvalue weighted by molar-refractivity contribution is 5.96. The molecule has 4 saturated heterocycles. The molecule has 6 fully saturated rings. The van der Waals surface area contributed by atoms with Gasteiger partial charge in [-0.25, -0.2) is 20.4 Å². The third-order valence-corrected chi connectivity index (χ3v) is 17.8. The fourth-order valence-corrected chi connectivity index (χ4v) is 13.1. The van der Waals surface area contributed by atoms with Gasteiger partial charge in [0.05, 0.1) is 48.7 Å². The number of esters is 1. The van der Waals surface area contributed by atoms with Crippen molar-refractivity contribution >= 4 is 34.4 Å². The zero-order valence-electron chi connectivity index (χ0n) is 46.0. The number of benzene rings is 1. The second kappa shape index (κ2) is 22.4. The molecule has 1 aromatic carbocycles. The molecule has 2 amide bonds. The minimum Gasteiger partial charge on any atom is -0.464 e. The van der Waals surface area contributed by atoms with Crippen LogP contribution in [0.25, 0.3) is 33.4 Å². The molecule has 5 aromatic rings. The number of oxazole rings is 1. The highest BCUT2D eigenvalue weighted by atomic mass is 16.5. The van der Waals surface area contributed by atoms with Gasteiger partial charge in [-0.3, -0.25) is 34.2 Å². The van der Waals surface area contributed by atoms with E-state index >= 15 is 4.79 Å². The standard InChI is InChI=1S/C59H77N11O8/c1-36-49(45-14-17-60-35-62-45)50(36)55(71)64-52-54(68-18-6-7-19-68)56-63-47(33-77-56)38-10-13-48-42(29-38)44(31-59(3,4)34-78-58(73)46-9-8-20-70(65-46)57(52)72)53(69(48)25-28-76-41-15-26-75-27-16-41)43-30-40(32-61-51(43)37(2)74-5)67-23-21-66(22-24-67)39-11-12-39/h10,13-14,17,29-30,32-33,35-37,39,41,46,49-50,52,54,65H,6-9,11-12,15-16,18-28,31,34H2,1-5H3,(H,64,71)/t36-,37-,46-,49-,50+,52-,54-/m0/s1. The molecule has 2 saturated carbocycles. The molecule has 2 aliphatic carbocycles. The number of hydrogen-bond acceptors (Lipinski definition) is 16. The second-order valence-electron chi connectivity index (χ2n) is 23.7. The zero-order chi connectivity index (χ0) is 53.7. The number of cyclic esters (lactones) is 1. The summed E-state index contributed by atoms with van der Waals surface area (Å²) in [6.07, 6.45) is 14.4. The van der Waals surface area contributed by atoms with Crippen LogP contribution >= 0.6 is 0 Å². The maximum Gasteiger partial charge on any atom is 0.324 e. The first kappa shape index (κ1) is 52.8. The van der Waals surface area contributed by atoms with E-state index in [-0.39, 0.29) is 42.5 Å². The van der Waals surface area contributed by atoms with Gasteiger partial charge in [-0.2, -0.15) is 0 Å². The lowest BCUT2D eigenvalue weighted by atomic mass is 9.84. The predicted molar refractivity (Wildman–Crippen MR) is 292 cm³/mol. The minimum absolute atomic E-state index is 0.00180. The minimum atomic E-state index is -1.11. The molecule has 19 heteroatoms. The molecule has 0 unspecified atom stereocenters. The summed E-state index contributed by atoms with van der Waals surface area (Å²) in [5.74, 6) is -1.22. The van der Waals surface area contributed by atoms with E-state index in [0.29, 0.717) is 76.8 Å². The summed E-state index contributed by atoms with van der Waals surface area (Å²) in [5.41, 5.74) is 11.0. The third kappa shape index (κ3) is 10.8. The van der Waals surface area contributed by atoms with Gasteiger partial charge < -0.3 is 38.1 Å². The normalized spacial score (nSPS) is 26.9. The largest absolute Gasteiger partial charge is 0.464 e. The molecule has 12 rings (SSSR count). The molecule has 2 N–H and O–H groups in total. The number of anilines is 1. The summed E-state index contributed by atoms with van der Waals surface area (Å²) >= 11 is 0. The molecular formula is C59H77N11O8. The smallest absolute Gasteiger partial charge is 0.324 e. The van der Waals surface area contributed by atoms with Crippen molar-refractivity contribution in [1.82, 2.24) is 50.1 Å². The summed E-state index contributed by atoms with van der Waals surface area (Å²) in [7, 11) is 1.74. The fourth-order valence-electron chi connectivity index (χ4n) is 13.1. The molecule has 6 bridgehead atoms. The first-order valence-corrected chi connectivity index (χ1v) is 28.8. The predicted octanol–water partition coefficient (Wildman–Crippen LogP) is 6.63. The van der Waals surface area contributed by atoms with Crippen molar-refractivity contribution in [2.45, 2.75) is 134 Å². The Morgan fingerprint density at radius 2 is 1.76 bits per heavy atom. The average molecular weight is 1070 g/mol. The van der Waals surface area contributed by atoms with Crippen molar-refractivity contribution in [2.75, 3.05) is 84.3 Å². The lowest BCUT2D eigenvalue weighted by molar-refractivity contribution is -0.156. The van der Waals surface area contributed by atoms with Crippen molar-refractivity contribution < 1.29 is 37.7 Å². The first-order chi connectivity index (χ1) is 37.9. The molecule has 4 aromatic heterocycles. The van der Waals surface area contributed by atoms with Crippen molar-refractivity contribution in [2.24, 2.45) is 17.3 Å². The Morgan fingerprint density at radius 1 is 0.949 bits per heavy atom. The van der Waals surface area contributed by atoms with Crippen LogP contribution < -0.4 is 15.6 Å². The molecular weight excluding hydrogens is 991 g/mol. The number of fused-ring (bicyclic) bond motifs is 6. The lowest BCUT2D eigenvalue weighted by Crippen LogP contribution is -2.62. The van der Waals surface area contributed by atoms with E-state index in [1.807, 2.05) is 19.2 Å². The van der Waals surface area contributed by atoms with E-state index in [1.54, 1.807) is 19.6 Å². The topological polar surface area (TPSA) is 195 Å². The number of ether oxygens (including phenoxy) is 4. The number of amides is 2.